The van der Waals surface area contributed by atoms with Gasteiger partial charge in [-0.15, -0.1) is 0 Å². The largest absolute Gasteiger partial charge is 0.350 e. The number of carbonyl (C=O) groups excluding carboxylic acids is 2. The minimum absolute atomic E-state index is 0.166. The van der Waals surface area contributed by atoms with Crippen LogP contribution in [0.5, 0.6) is 0 Å². The van der Waals surface area contributed by atoms with Crippen LogP contribution in [0, 0.1) is 5.82 Å². The van der Waals surface area contributed by atoms with Crippen LogP contribution >= 0.6 is 0 Å². The molecule has 0 spiro atoms. The summed E-state index contributed by atoms with van der Waals surface area (Å²) in [6, 6.07) is 13.0. The quantitative estimate of drug-likeness (QED) is 0.946. The highest BCUT2D eigenvalue weighted by Crippen LogP contribution is 2.32. The summed E-state index contributed by atoms with van der Waals surface area (Å²) in [5.74, 6) is -0.739. The zero-order valence-corrected chi connectivity index (χ0v) is 12.8. The Morgan fingerprint density at radius 1 is 1.22 bits per heavy atom. The van der Waals surface area contributed by atoms with E-state index in [4.69, 9.17) is 0 Å². The van der Waals surface area contributed by atoms with Crippen molar-refractivity contribution in [3.05, 3.63) is 65.5 Å². The number of rotatable bonds is 3. The minimum atomic E-state index is -0.557. The first-order chi connectivity index (χ1) is 11.1. The van der Waals surface area contributed by atoms with E-state index in [1.807, 2.05) is 24.3 Å². The molecule has 2 aromatic carbocycles. The number of fused-ring (bicyclic) bond motifs is 1. The first kappa shape index (κ1) is 15.2. The summed E-state index contributed by atoms with van der Waals surface area (Å²) in [5.41, 5.74) is 2.45. The van der Waals surface area contributed by atoms with Crippen LogP contribution in [-0.2, 0) is 22.6 Å². The van der Waals surface area contributed by atoms with E-state index in [1.54, 1.807) is 12.1 Å². The predicted octanol–water partition coefficient (Wildman–Crippen LogP) is 2.42. The van der Waals surface area contributed by atoms with Gasteiger partial charge in [-0.3, -0.25) is 14.5 Å². The molecular weight excluding hydrogens is 295 g/mol. The van der Waals surface area contributed by atoms with Gasteiger partial charge in [-0.2, -0.15) is 0 Å². The van der Waals surface area contributed by atoms with E-state index in [2.05, 4.69) is 5.32 Å². The van der Waals surface area contributed by atoms with E-state index in [0.717, 1.165) is 11.3 Å². The molecule has 1 aliphatic heterocycles. The zero-order chi connectivity index (χ0) is 16.4. The van der Waals surface area contributed by atoms with Gasteiger partial charge in [0.1, 0.15) is 11.9 Å². The Morgan fingerprint density at radius 3 is 2.74 bits per heavy atom. The van der Waals surface area contributed by atoms with Gasteiger partial charge < -0.3 is 5.32 Å². The molecule has 1 N–H and O–H groups in total. The van der Waals surface area contributed by atoms with Crippen molar-refractivity contribution < 1.29 is 14.0 Å². The minimum Gasteiger partial charge on any atom is -0.350 e. The van der Waals surface area contributed by atoms with Crippen molar-refractivity contribution in [1.29, 1.82) is 0 Å². The summed E-state index contributed by atoms with van der Waals surface area (Å²) in [7, 11) is 0. The van der Waals surface area contributed by atoms with Gasteiger partial charge in [0.05, 0.1) is 0 Å². The second kappa shape index (κ2) is 6.20. The van der Waals surface area contributed by atoms with Crippen molar-refractivity contribution in [2.45, 2.75) is 25.9 Å². The molecule has 2 amide bonds. The van der Waals surface area contributed by atoms with Crippen molar-refractivity contribution in [2.24, 2.45) is 0 Å². The predicted molar refractivity (Wildman–Crippen MR) is 85.3 cm³/mol. The van der Waals surface area contributed by atoms with E-state index >= 15 is 0 Å². The lowest BCUT2D eigenvalue weighted by Gasteiger charge is -2.23. The number of para-hydroxylation sites is 1. The highest BCUT2D eigenvalue weighted by molar-refractivity contribution is 6.02. The molecule has 23 heavy (non-hydrogen) atoms. The van der Waals surface area contributed by atoms with Gasteiger partial charge in [0.2, 0.25) is 11.8 Å². The number of hydrogen-bond acceptors (Lipinski definition) is 2. The molecule has 3 rings (SSSR count). The lowest BCUT2D eigenvalue weighted by molar-refractivity contribution is -0.125. The molecule has 5 heteroatoms. The Hall–Kier alpha value is -2.69. The van der Waals surface area contributed by atoms with Gasteiger partial charge in [-0.05, 0) is 29.3 Å². The van der Waals surface area contributed by atoms with E-state index in [1.165, 1.54) is 24.0 Å². The van der Waals surface area contributed by atoms with Gasteiger partial charge >= 0.3 is 0 Å². The molecule has 0 bridgehead atoms. The van der Waals surface area contributed by atoms with Crippen LogP contribution in [0.25, 0.3) is 0 Å². The van der Waals surface area contributed by atoms with Crippen molar-refractivity contribution in [3.63, 3.8) is 0 Å². The topological polar surface area (TPSA) is 49.4 Å². The Labute approximate surface area is 133 Å². The summed E-state index contributed by atoms with van der Waals surface area (Å²) in [6.07, 6.45) is 0.491. The third-order valence-electron chi connectivity index (χ3n) is 3.97. The van der Waals surface area contributed by atoms with Crippen molar-refractivity contribution in [1.82, 2.24) is 5.32 Å². The third-order valence-corrected chi connectivity index (χ3v) is 3.97. The number of carbonyl (C=O) groups is 2. The highest BCUT2D eigenvalue weighted by Gasteiger charge is 2.36. The first-order valence-corrected chi connectivity index (χ1v) is 7.46. The maximum Gasteiger partial charge on any atom is 0.243 e. The average Bonchev–Trinajstić information content (AvgIpc) is 2.92. The van der Waals surface area contributed by atoms with Crippen molar-refractivity contribution in [2.75, 3.05) is 4.90 Å². The Balaban J connectivity index is 1.73. The van der Waals surface area contributed by atoms with Gasteiger partial charge in [0.15, 0.2) is 0 Å². The third kappa shape index (κ3) is 3.08. The summed E-state index contributed by atoms with van der Waals surface area (Å²) in [4.78, 5) is 26.0. The molecule has 4 nitrogen and oxygen atoms in total. The number of nitrogens with zero attached hydrogens (tertiary/aromatic N) is 1. The van der Waals surface area contributed by atoms with E-state index in [-0.39, 0.29) is 24.2 Å². The van der Waals surface area contributed by atoms with Crippen LogP contribution in [0.2, 0.25) is 0 Å². The molecule has 0 aromatic heterocycles. The molecule has 118 valence electrons. The molecule has 2 aromatic rings. The number of anilines is 1. The van der Waals surface area contributed by atoms with Crippen LogP contribution in [-0.4, -0.2) is 17.9 Å². The molecule has 1 unspecified atom stereocenters. The van der Waals surface area contributed by atoms with E-state index < -0.39 is 6.04 Å². The standard InChI is InChI=1S/C18H17FN2O2/c1-12(22)21-16-8-3-2-6-14(16)10-17(21)18(23)20-11-13-5-4-7-15(19)9-13/h2-9,17H,10-11H2,1H3,(H,20,23). The Bertz CT molecular complexity index is 760. The number of benzene rings is 2. The second-order valence-electron chi connectivity index (χ2n) is 5.59. The number of nitrogens with one attached hydrogen (secondary N) is 1. The molecule has 0 radical (unpaired) electrons. The lowest BCUT2D eigenvalue weighted by atomic mass is 10.1. The summed E-state index contributed by atoms with van der Waals surface area (Å²) >= 11 is 0. The number of hydrogen-bond donors (Lipinski definition) is 1. The maximum atomic E-state index is 13.2. The average molecular weight is 312 g/mol. The van der Waals surface area contributed by atoms with E-state index in [9.17, 15) is 14.0 Å². The lowest BCUT2D eigenvalue weighted by Crippen LogP contribution is -2.47. The van der Waals surface area contributed by atoms with Crippen LogP contribution < -0.4 is 10.2 Å². The van der Waals surface area contributed by atoms with Gasteiger partial charge in [-0.25, -0.2) is 4.39 Å². The molecule has 1 heterocycles. The van der Waals surface area contributed by atoms with Crippen molar-refractivity contribution >= 4 is 17.5 Å². The normalized spacial score (nSPS) is 16.1. The zero-order valence-electron chi connectivity index (χ0n) is 12.8. The molecular formula is C18H17FN2O2. The van der Waals surface area contributed by atoms with Crippen molar-refractivity contribution in [3.8, 4) is 0 Å². The molecule has 0 aliphatic carbocycles. The first-order valence-electron chi connectivity index (χ1n) is 7.46. The van der Waals surface area contributed by atoms with Gasteiger partial charge in [0.25, 0.3) is 0 Å². The monoisotopic (exact) mass is 312 g/mol. The fourth-order valence-corrected chi connectivity index (χ4v) is 2.94. The molecule has 1 aliphatic rings. The van der Waals surface area contributed by atoms with Crippen LogP contribution in [0.1, 0.15) is 18.1 Å². The van der Waals surface area contributed by atoms with Gasteiger partial charge in [-0.1, -0.05) is 30.3 Å². The second-order valence-corrected chi connectivity index (χ2v) is 5.59. The SMILES string of the molecule is CC(=O)N1c2ccccc2CC1C(=O)NCc1cccc(F)c1. The number of halogens is 1. The summed E-state index contributed by atoms with van der Waals surface area (Å²) < 4.78 is 13.2. The van der Waals surface area contributed by atoms with Crippen LogP contribution in [0.3, 0.4) is 0 Å². The highest BCUT2D eigenvalue weighted by atomic mass is 19.1. The maximum absolute atomic E-state index is 13.2. The fraction of sp³-hybridized carbons (Fsp3) is 0.222. The summed E-state index contributed by atoms with van der Waals surface area (Å²) in [6.45, 7) is 1.68. The molecule has 0 saturated carbocycles. The van der Waals surface area contributed by atoms with E-state index in [0.29, 0.717) is 12.0 Å². The van der Waals surface area contributed by atoms with Crippen LogP contribution in [0.15, 0.2) is 48.5 Å². The van der Waals surface area contributed by atoms with Gasteiger partial charge in [0, 0.05) is 25.6 Å². The van der Waals surface area contributed by atoms with Crippen LogP contribution in [0.4, 0.5) is 10.1 Å². The smallest absolute Gasteiger partial charge is 0.243 e. The summed E-state index contributed by atoms with van der Waals surface area (Å²) in [5, 5.41) is 2.79. The Kier molecular flexibility index (Phi) is 4.10. The Morgan fingerprint density at radius 2 is 2.00 bits per heavy atom. The fourth-order valence-electron chi connectivity index (χ4n) is 2.94. The molecule has 0 fully saturated rings. The number of amides is 2. The molecule has 0 saturated heterocycles. The molecule has 1 atom stereocenters.